The summed E-state index contributed by atoms with van der Waals surface area (Å²) in [4.78, 5) is 26.1. The second kappa shape index (κ2) is 7.95. The van der Waals surface area contributed by atoms with E-state index in [1.165, 1.54) is 6.07 Å². The van der Waals surface area contributed by atoms with E-state index < -0.39 is 29.1 Å². The highest BCUT2D eigenvalue weighted by atomic mass is 19.1. The number of piperidine rings is 1. The summed E-state index contributed by atoms with van der Waals surface area (Å²) in [7, 11) is 0. The maximum atomic E-state index is 13.6. The van der Waals surface area contributed by atoms with E-state index in [2.05, 4.69) is 10.6 Å². The molecule has 0 aromatic heterocycles. The smallest absolute Gasteiger partial charge is 0.321 e. The number of carbonyl (C=O) groups is 2. The Morgan fingerprint density at radius 3 is 2.12 bits per heavy atom. The predicted molar refractivity (Wildman–Crippen MR) is 94.7 cm³/mol. The Morgan fingerprint density at radius 2 is 1.50 bits per heavy atom. The zero-order valence-electron chi connectivity index (χ0n) is 14.0. The third-order valence-corrected chi connectivity index (χ3v) is 4.39. The van der Waals surface area contributed by atoms with Crippen molar-refractivity contribution in [2.45, 2.75) is 12.8 Å². The minimum absolute atomic E-state index is 0.227. The van der Waals surface area contributed by atoms with Gasteiger partial charge in [0, 0.05) is 24.7 Å². The molecule has 0 unspecified atom stereocenters. The molecule has 0 radical (unpaired) electrons. The number of benzene rings is 2. The number of urea groups is 1. The molecule has 1 aliphatic rings. The fourth-order valence-corrected chi connectivity index (χ4v) is 2.91. The Labute approximate surface area is 150 Å². The second-order valence-corrected chi connectivity index (χ2v) is 6.14. The summed E-state index contributed by atoms with van der Waals surface area (Å²) in [5, 5.41) is 5.12. The van der Waals surface area contributed by atoms with Gasteiger partial charge in [0.05, 0.1) is 0 Å². The van der Waals surface area contributed by atoms with Crippen molar-refractivity contribution >= 4 is 23.3 Å². The van der Waals surface area contributed by atoms with E-state index in [9.17, 15) is 18.4 Å². The molecule has 0 saturated carbocycles. The minimum atomic E-state index is -0.807. The van der Waals surface area contributed by atoms with Crippen molar-refractivity contribution in [1.29, 1.82) is 0 Å². The number of anilines is 2. The Bertz CT molecular complexity index is 770. The summed E-state index contributed by atoms with van der Waals surface area (Å²) < 4.78 is 27.3. The molecule has 2 N–H and O–H groups in total. The normalized spacial score (nSPS) is 14.8. The standard InChI is InChI=1S/C19H19F2N3O2/c20-15-7-4-8-16(21)17(15)23-18(25)13-9-11-24(12-10-13)19(26)22-14-5-2-1-3-6-14/h1-8,13H,9-12H2,(H,22,26)(H,23,25). The average Bonchev–Trinajstić information content (AvgIpc) is 2.65. The van der Waals surface area contributed by atoms with Crippen molar-refractivity contribution in [3.05, 3.63) is 60.2 Å². The van der Waals surface area contributed by atoms with Gasteiger partial charge in [-0.1, -0.05) is 24.3 Å². The molecule has 1 heterocycles. The van der Waals surface area contributed by atoms with Crippen LogP contribution in [0.5, 0.6) is 0 Å². The van der Waals surface area contributed by atoms with Gasteiger partial charge in [-0.05, 0) is 37.1 Å². The van der Waals surface area contributed by atoms with Gasteiger partial charge in [-0.3, -0.25) is 4.79 Å². The molecule has 3 amide bonds. The van der Waals surface area contributed by atoms with Crippen molar-refractivity contribution < 1.29 is 18.4 Å². The molecule has 1 fully saturated rings. The predicted octanol–water partition coefficient (Wildman–Crippen LogP) is 3.85. The van der Waals surface area contributed by atoms with Gasteiger partial charge in [0.2, 0.25) is 5.91 Å². The molecule has 136 valence electrons. The number of likely N-dealkylation sites (tertiary alicyclic amines) is 1. The zero-order chi connectivity index (χ0) is 18.5. The van der Waals surface area contributed by atoms with Gasteiger partial charge in [0.15, 0.2) is 0 Å². The quantitative estimate of drug-likeness (QED) is 0.874. The first-order chi connectivity index (χ1) is 12.5. The van der Waals surface area contributed by atoms with Gasteiger partial charge >= 0.3 is 6.03 Å². The molecule has 0 atom stereocenters. The van der Waals surface area contributed by atoms with Crippen LogP contribution in [-0.4, -0.2) is 29.9 Å². The van der Waals surface area contributed by atoms with Crippen LogP contribution in [0.25, 0.3) is 0 Å². The SMILES string of the molecule is O=C(Nc1c(F)cccc1F)C1CCN(C(=O)Nc2ccccc2)CC1. The molecule has 1 saturated heterocycles. The summed E-state index contributed by atoms with van der Waals surface area (Å²) >= 11 is 0. The molecule has 0 aliphatic carbocycles. The first-order valence-electron chi connectivity index (χ1n) is 8.40. The molecule has 0 spiro atoms. The third kappa shape index (κ3) is 4.17. The third-order valence-electron chi connectivity index (χ3n) is 4.39. The lowest BCUT2D eigenvalue weighted by atomic mass is 9.96. The van der Waals surface area contributed by atoms with E-state index in [1.54, 1.807) is 17.0 Å². The van der Waals surface area contributed by atoms with Gasteiger partial charge in [-0.2, -0.15) is 0 Å². The van der Waals surface area contributed by atoms with Gasteiger partial charge in [-0.15, -0.1) is 0 Å². The number of hydrogen-bond acceptors (Lipinski definition) is 2. The number of carbonyl (C=O) groups excluding carboxylic acids is 2. The molecule has 2 aromatic carbocycles. The number of halogens is 2. The molecule has 7 heteroatoms. The monoisotopic (exact) mass is 359 g/mol. The minimum Gasteiger partial charge on any atom is -0.324 e. The van der Waals surface area contributed by atoms with E-state index in [0.717, 1.165) is 12.1 Å². The summed E-state index contributed by atoms with van der Waals surface area (Å²) in [5.41, 5.74) is 0.272. The first kappa shape index (κ1) is 17.8. The summed E-state index contributed by atoms with van der Waals surface area (Å²) in [6.07, 6.45) is 0.869. The Morgan fingerprint density at radius 1 is 0.885 bits per heavy atom. The van der Waals surface area contributed by atoms with Gasteiger partial charge in [0.1, 0.15) is 17.3 Å². The number of hydrogen-bond donors (Lipinski definition) is 2. The van der Waals surface area contributed by atoms with Crippen LogP contribution in [0.3, 0.4) is 0 Å². The molecule has 26 heavy (non-hydrogen) atoms. The molecule has 5 nitrogen and oxygen atoms in total. The van der Waals surface area contributed by atoms with Gasteiger partial charge in [0.25, 0.3) is 0 Å². The maximum absolute atomic E-state index is 13.6. The fourth-order valence-electron chi connectivity index (χ4n) is 2.91. The van der Waals surface area contributed by atoms with Gasteiger partial charge < -0.3 is 15.5 Å². The molecular weight excluding hydrogens is 340 g/mol. The van der Waals surface area contributed by atoms with Gasteiger partial charge in [-0.25, -0.2) is 13.6 Å². The lowest BCUT2D eigenvalue weighted by molar-refractivity contribution is -0.121. The van der Waals surface area contributed by atoms with Crippen molar-refractivity contribution in [3.8, 4) is 0 Å². The lowest BCUT2D eigenvalue weighted by Gasteiger charge is -2.31. The van der Waals surface area contributed by atoms with Crippen LogP contribution < -0.4 is 10.6 Å². The topological polar surface area (TPSA) is 61.4 Å². The highest BCUT2D eigenvalue weighted by Gasteiger charge is 2.28. The van der Waals surface area contributed by atoms with Crippen LogP contribution >= 0.6 is 0 Å². The Kier molecular flexibility index (Phi) is 5.46. The number of nitrogens with one attached hydrogen (secondary N) is 2. The molecule has 3 rings (SSSR count). The van der Waals surface area contributed by atoms with Crippen LogP contribution in [0.1, 0.15) is 12.8 Å². The zero-order valence-corrected chi connectivity index (χ0v) is 14.0. The fraction of sp³-hybridized carbons (Fsp3) is 0.263. The number of rotatable bonds is 3. The summed E-state index contributed by atoms with van der Waals surface area (Å²) in [5.74, 6) is -2.44. The lowest BCUT2D eigenvalue weighted by Crippen LogP contribution is -2.43. The van der Waals surface area contributed by atoms with Crippen LogP contribution in [0.15, 0.2) is 48.5 Å². The van der Waals surface area contributed by atoms with E-state index >= 15 is 0 Å². The molecule has 0 bridgehead atoms. The van der Waals surface area contributed by atoms with Crippen LogP contribution in [-0.2, 0) is 4.79 Å². The van der Waals surface area contributed by atoms with Crippen LogP contribution in [0.2, 0.25) is 0 Å². The van der Waals surface area contributed by atoms with Crippen molar-refractivity contribution in [3.63, 3.8) is 0 Å². The van der Waals surface area contributed by atoms with Crippen molar-refractivity contribution in [1.82, 2.24) is 4.90 Å². The van der Waals surface area contributed by atoms with E-state index in [4.69, 9.17) is 0 Å². The summed E-state index contributed by atoms with van der Waals surface area (Å²) in [6.45, 7) is 0.799. The van der Waals surface area contributed by atoms with Crippen molar-refractivity contribution in [2.24, 2.45) is 5.92 Å². The van der Waals surface area contributed by atoms with E-state index in [-0.39, 0.29) is 6.03 Å². The Balaban J connectivity index is 1.53. The first-order valence-corrected chi connectivity index (χ1v) is 8.40. The average molecular weight is 359 g/mol. The Hall–Kier alpha value is -2.96. The van der Waals surface area contributed by atoms with E-state index in [1.807, 2.05) is 18.2 Å². The molecule has 1 aliphatic heterocycles. The van der Waals surface area contributed by atoms with Crippen LogP contribution in [0.4, 0.5) is 25.0 Å². The molecule has 2 aromatic rings. The van der Waals surface area contributed by atoms with E-state index in [0.29, 0.717) is 31.6 Å². The largest absolute Gasteiger partial charge is 0.324 e. The highest BCUT2D eigenvalue weighted by Crippen LogP contribution is 2.23. The number of nitrogens with zero attached hydrogens (tertiary/aromatic N) is 1. The van der Waals surface area contributed by atoms with Crippen molar-refractivity contribution in [2.75, 3.05) is 23.7 Å². The highest BCUT2D eigenvalue weighted by molar-refractivity contribution is 5.93. The summed E-state index contributed by atoms with van der Waals surface area (Å²) in [6, 6.07) is 12.3. The number of amides is 3. The maximum Gasteiger partial charge on any atom is 0.321 e. The molecular formula is C19H19F2N3O2. The number of para-hydroxylation sites is 2. The van der Waals surface area contributed by atoms with Crippen LogP contribution in [0, 0.1) is 17.6 Å². The second-order valence-electron chi connectivity index (χ2n) is 6.14.